The number of amidine groups is 1. The maximum absolute atomic E-state index is 9.82. The second kappa shape index (κ2) is 11.5. The van der Waals surface area contributed by atoms with Crippen LogP contribution in [-0.4, -0.2) is 82.6 Å². The van der Waals surface area contributed by atoms with Crippen molar-refractivity contribution in [2.75, 3.05) is 37.3 Å². The molecule has 0 saturated carbocycles. The van der Waals surface area contributed by atoms with Gasteiger partial charge in [-0.1, -0.05) is 0 Å². The van der Waals surface area contributed by atoms with Crippen LogP contribution in [0.2, 0.25) is 0 Å². The molecule has 5 atom stereocenters. The third-order valence-electron chi connectivity index (χ3n) is 8.73. The molecule has 0 amide bonds. The summed E-state index contributed by atoms with van der Waals surface area (Å²) < 4.78 is 6.32. The lowest BCUT2D eigenvalue weighted by Crippen LogP contribution is -2.54. The summed E-state index contributed by atoms with van der Waals surface area (Å²) in [6.45, 7) is 10.8. The number of rotatable bonds is 6. The summed E-state index contributed by atoms with van der Waals surface area (Å²) in [5, 5.41) is 31.8. The average molecular weight is 581 g/mol. The van der Waals surface area contributed by atoms with Crippen LogP contribution >= 0.6 is 11.3 Å². The minimum atomic E-state index is -0.806. The molecule has 41 heavy (non-hydrogen) atoms. The molecule has 2 aliphatic heterocycles. The largest absolute Gasteiger partial charge is 0.581 e. The molecule has 0 aromatic carbocycles. The highest BCUT2D eigenvalue weighted by atomic mass is 32.1. The van der Waals surface area contributed by atoms with Crippen LogP contribution in [0.15, 0.2) is 11.1 Å². The van der Waals surface area contributed by atoms with Crippen molar-refractivity contribution in [2.24, 2.45) is 4.99 Å². The second-order valence-electron chi connectivity index (χ2n) is 12.0. The number of aromatic nitrogens is 2. The van der Waals surface area contributed by atoms with Gasteiger partial charge in [0, 0.05) is 47.7 Å². The average Bonchev–Trinajstić information content (AvgIpc) is 3.50. The van der Waals surface area contributed by atoms with Crippen molar-refractivity contribution in [1.82, 2.24) is 20.2 Å². The van der Waals surface area contributed by atoms with E-state index >= 15 is 0 Å². The topological polar surface area (TPSA) is 162 Å². The number of thiophene rings is 1. The molecule has 2 fully saturated rings. The van der Waals surface area contributed by atoms with Gasteiger partial charge in [0.15, 0.2) is 5.84 Å². The number of piperazine rings is 1. The van der Waals surface area contributed by atoms with Gasteiger partial charge >= 0.3 is 11.9 Å². The molecule has 11 nitrogen and oxygen atoms in total. The number of hydrogen-bond acceptors (Lipinski definition) is 10. The molecular formula is C29H42N9O2S+. The lowest BCUT2D eigenvalue weighted by Gasteiger charge is -2.37. The molecule has 5 rings (SSSR count). The number of nitrogens with two attached hydrogens (primary N) is 1. The molecule has 2 aromatic heterocycles. The molecule has 6 N–H and O–H groups in total. The third kappa shape index (κ3) is 5.76. The minimum Gasteiger partial charge on any atom is -0.581 e. The highest BCUT2D eigenvalue weighted by Gasteiger charge is 2.45. The highest BCUT2D eigenvalue weighted by Crippen LogP contribution is 2.46. The maximum atomic E-state index is 9.82. The number of aryl methyl sites for hydroxylation is 1. The van der Waals surface area contributed by atoms with Crippen molar-refractivity contribution < 1.29 is 9.84 Å². The Labute approximate surface area is 246 Å². The van der Waals surface area contributed by atoms with E-state index in [1.807, 2.05) is 13.8 Å². The predicted octanol–water partition coefficient (Wildman–Crippen LogP) is 2.78. The van der Waals surface area contributed by atoms with E-state index in [1.54, 1.807) is 6.07 Å². The number of ether oxygens (including phenoxy) is 1. The van der Waals surface area contributed by atoms with Gasteiger partial charge in [0.05, 0.1) is 5.56 Å². The van der Waals surface area contributed by atoms with Gasteiger partial charge in [-0.3, -0.25) is 10.3 Å². The number of likely N-dealkylation sites (tertiary alicyclic amines) is 1. The first kappa shape index (κ1) is 29.2. The fourth-order valence-corrected chi connectivity index (χ4v) is 7.85. The zero-order valence-electron chi connectivity index (χ0n) is 24.6. The summed E-state index contributed by atoms with van der Waals surface area (Å²) in [6, 6.07) is 5.07. The smallest absolute Gasteiger partial charge is 0.343 e. The second-order valence-corrected chi connectivity index (χ2v) is 13.2. The molecule has 1 aliphatic carbocycles. The SMILES string of the molecule is C[C@H](Oc1nc(C(=N)N=C([OH2+])[C@@]2(C)CCCc3sc(N)c(C#N)c32)cc(N2C[C@H](C)N[C@@H](C)C2)n1)[C@@H]1CCCN1C. The Morgan fingerprint density at radius 3 is 2.73 bits per heavy atom. The van der Waals surface area contributed by atoms with Gasteiger partial charge in [0.2, 0.25) is 0 Å². The fourth-order valence-electron chi connectivity index (χ4n) is 6.66. The zero-order valence-corrected chi connectivity index (χ0v) is 25.4. The fraction of sp³-hybridized carbons (Fsp3) is 0.621. The van der Waals surface area contributed by atoms with E-state index in [2.05, 4.69) is 52.1 Å². The first-order valence-corrected chi connectivity index (χ1v) is 15.3. The van der Waals surface area contributed by atoms with Crippen LogP contribution in [0.5, 0.6) is 6.01 Å². The number of anilines is 2. The highest BCUT2D eigenvalue weighted by molar-refractivity contribution is 7.16. The van der Waals surface area contributed by atoms with Gasteiger partial charge in [0.1, 0.15) is 34.1 Å². The van der Waals surface area contributed by atoms with E-state index in [9.17, 15) is 5.26 Å². The van der Waals surface area contributed by atoms with E-state index < -0.39 is 5.41 Å². The monoisotopic (exact) mass is 580 g/mol. The van der Waals surface area contributed by atoms with Gasteiger partial charge in [-0.25, -0.2) is 0 Å². The molecule has 2 saturated heterocycles. The van der Waals surface area contributed by atoms with E-state index in [0.717, 1.165) is 55.8 Å². The molecule has 2 aromatic rings. The van der Waals surface area contributed by atoms with Crippen molar-refractivity contribution >= 4 is 33.9 Å². The molecule has 3 aliphatic rings. The lowest BCUT2D eigenvalue weighted by atomic mass is 9.72. The summed E-state index contributed by atoms with van der Waals surface area (Å²) in [5.41, 5.74) is 6.91. The van der Waals surface area contributed by atoms with Crippen molar-refractivity contribution in [3.05, 3.63) is 27.8 Å². The Bertz CT molecular complexity index is 1370. The number of likely N-dealkylation sites (N-methyl/N-ethyl adjacent to an activating group) is 1. The van der Waals surface area contributed by atoms with Gasteiger partial charge in [0.25, 0.3) is 0 Å². The molecule has 0 unspecified atom stereocenters. The Morgan fingerprint density at radius 2 is 2.07 bits per heavy atom. The van der Waals surface area contributed by atoms with E-state index in [-0.39, 0.29) is 42.0 Å². The quantitative estimate of drug-likeness (QED) is 0.267. The van der Waals surface area contributed by atoms with Crippen molar-refractivity contribution in [3.63, 3.8) is 0 Å². The number of nitriles is 1. The summed E-state index contributed by atoms with van der Waals surface area (Å²) >= 11 is 1.42. The van der Waals surface area contributed by atoms with Crippen LogP contribution in [-0.2, 0) is 11.8 Å². The maximum Gasteiger partial charge on any atom is 0.343 e. The third-order valence-corrected chi connectivity index (χ3v) is 9.80. The molecule has 220 valence electrons. The standard InChI is InChI=1S/C29H41N9O2S/c1-16-14-38(15-17(2)33-16)23-12-20(34-28(35-23)40-18(3)21-8-7-11-37(21)5)25(31)36-27(39)29(4)10-6-9-22-24(29)19(13-30)26(32)41-22/h12,16-18,21,33H,6-11,14-15,32H2,1-5H3,(H2,31,36,39)/p+1/t16-,17-,18-,21-,29-/m0/s1. The number of nitrogens with zero attached hydrogens (tertiary/aromatic N) is 6. The Hall–Kier alpha value is -3.27. The summed E-state index contributed by atoms with van der Waals surface area (Å²) in [5.74, 6) is 0.596. The summed E-state index contributed by atoms with van der Waals surface area (Å²) in [4.78, 5) is 19.4. The Balaban J connectivity index is 1.49. The predicted molar refractivity (Wildman–Crippen MR) is 164 cm³/mol. The van der Waals surface area contributed by atoms with Crippen molar-refractivity contribution in [2.45, 2.75) is 89.4 Å². The van der Waals surface area contributed by atoms with Crippen molar-refractivity contribution in [1.29, 1.82) is 10.7 Å². The first-order valence-electron chi connectivity index (χ1n) is 14.5. The Kier molecular flexibility index (Phi) is 8.23. The number of nitrogens with one attached hydrogen (secondary N) is 2. The van der Waals surface area contributed by atoms with Crippen LogP contribution in [0.25, 0.3) is 0 Å². The van der Waals surface area contributed by atoms with E-state index in [4.69, 9.17) is 26.0 Å². The van der Waals surface area contributed by atoms with Crippen LogP contribution in [0.4, 0.5) is 10.8 Å². The lowest BCUT2D eigenvalue weighted by molar-refractivity contribution is 0.112. The molecule has 4 heterocycles. The number of hydrogen-bond donors (Lipinski definition) is 3. The molecule has 0 radical (unpaired) electrons. The summed E-state index contributed by atoms with van der Waals surface area (Å²) in [6.07, 6.45) is 4.42. The Morgan fingerprint density at radius 1 is 1.34 bits per heavy atom. The van der Waals surface area contributed by atoms with Crippen LogP contribution < -0.4 is 20.7 Å². The molecule has 0 spiro atoms. The van der Waals surface area contributed by atoms with Gasteiger partial charge in [-0.2, -0.15) is 15.2 Å². The van der Waals surface area contributed by atoms with Crippen LogP contribution in [0, 0.1) is 16.7 Å². The zero-order chi connectivity index (χ0) is 29.5. The normalized spacial score (nSPS) is 27.8. The van der Waals surface area contributed by atoms with E-state index in [0.29, 0.717) is 28.5 Å². The van der Waals surface area contributed by atoms with Gasteiger partial charge in [-0.05, 0) is 73.4 Å². The van der Waals surface area contributed by atoms with Gasteiger partial charge in [-0.15, -0.1) is 16.3 Å². The van der Waals surface area contributed by atoms with Crippen LogP contribution in [0.1, 0.15) is 75.1 Å². The number of nitrogen functional groups attached to an aromatic ring is 1. The number of fused-ring (bicyclic) bond motifs is 1. The molecule has 12 heteroatoms. The van der Waals surface area contributed by atoms with E-state index in [1.165, 1.54) is 11.3 Å². The molecular weight excluding hydrogens is 538 g/mol. The summed E-state index contributed by atoms with van der Waals surface area (Å²) in [7, 11) is 2.11. The molecule has 0 bridgehead atoms. The first-order chi connectivity index (χ1) is 19.5. The van der Waals surface area contributed by atoms with Crippen molar-refractivity contribution in [3.8, 4) is 12.1 Å². The number of aliphatic imine (C=N–C) groups is 1. The minimum absolute atomic E-state index is 0.0331. The van der Waals surface area contributed by atoms with Gasteiger partial charge < -0.3 is 25.8 Å². The van der Waals surface area contributed by atoms with Crippen LogP contribution in [0.3, 0.4) is 0 Å².